The number of carbonyl (C=O) groups is 1. The van der Waals surface area contributed by atoms with Gasteiger partial charge in [-0.3, -0.25) is 25.0 Å². The van der Waals surface area contributed by atoms with Crippen LogP contribution in [0.25, 0.3) is 0 Å². The molecule has 0 aliphatic carbocycles. The lowest BCUT2D eigenvalue weighted by molar-refractivity contribution is -0.422. The van der Waals surface area contributed by atoms with Crippen LogP contribution in [0.3, 0.4) is 0 Å². The molecule has 37 heavy (non-hydrogen) atoms. The van der Waals surface area contributed by atoms with E-state index in [0.717, 1.165) is 31.4 Å². The summed E-state index contributed by atoms with van der Waals surface area (Å²) in [6.45, 7) is 1.61. The van der Waals surface area contributed by atoms with E-state index in [1.807, 2.05) is 0 Å². The standard InChI is InChI=1S/C26H43N3O8/c1-2-3-4-5-6-7-8-9-10-11-12-13-14-24(31)26(33)21(19-30)27-25(32)18-20-15-16-22(28(34)35)23(17-20)29(36)37/h15-17,21,24,26,30-31,33H,2-14,18-19H2,1H3,(H,27,32). The summed E-state index contributed by atoms with van der Waals surface area (Å²) in [7, 11) is 0. The summed E-state index contributed by atoms with van der Waals surface area (Å²) in [6.07, 6.45) is 11.6. The number of rotatable bonds is 21. The Kier molecular flexibility index (Phi) is 16.3. The summed E-state index contributed by atoms with van der Waals surface area (Å²) in [5.74, 6) is -0.654. The molecule has 0 bridgehead atoms. The Morgan fingerprint density at radius 3 is 1.86 bits per heavy atom. The molecule has 0 aromatic heterocycles. The maximum absolute atomic E-state index is 12.4. The summed E-state index contributed by atoms with van der Waals surface area (Å²) in [5.41, 5.74) is -1.25. The van der Waals surface area contributed by atoms with Gasteiger partial charge < -0.3 is 20.6 Å². The maximum Gasteiger partial charge on any atom is 0.346 e. The van der Waals surface area contributed by atoms with Gasteiger partial charge in [-0.25, -0.2) is 0 Å². The van der Waals surface area contributed by atoms with Crippen molar-refractivity contribution in [1.29, 1.82) is 0 Å². The first kappa shape index (κ1) is 32.4. The Bertz CT molecular complexity index is 836. The van der Waals surface area contributed by atoms with E-state index in [1.165, 1.54) is 57.4 Å². The van der Waals surface area contributed by atoms with Crippen LogP contribution < -0.4 is 5.32 Å². The number of hydrogen-bond donors (Lipinski definition) is 4. The van der Waals surface area contributed by atoms with Crippen LogP contribution in [0.1, 0.15) is 96.0 Å². The van der Waals surface area contributed by atoms with Gasteiger partial charge in [0.15, 0.2) is 0 Å². The van der Waals surface area contributed by atoms with Gasteiger partial charge in [-0.1, -0.05) is 90.0 Å². The summed E-state index contributed by atoms with van der Waals surface area (Å²) in [5, 5.41) is 54.7. The molecule has 3 atom stereocenters. The number of unbranched alkanes of at least 4 members (excludes halogenated alkanes) is 11. The number of aliphatic hydroxyl groups is 3. The number of benzene rings is 1. The molecule has 1 amide bonds. The number of nitro benzene ring substituents is 2. The highest BCUT2D eigenvalue weighted by Gasteiger charge is 2.28. The van der Waals surface area contributed by atoms with Gasteiger partial charge in [0, 0.05) is 12.1 Å². The Morgan fingerprint density at radius 2 is 1.38 bits per heavy atom. The van der Waals surface area contributed by atoms with Gasteiger partial charge in [-0.15, -0.1) is 0 Å². The molecule has 0 aliphatic heterocycles. The van der Waals surface area contributed by atoms with Gasteiger partial charge >= 0.3 is 11.4 Å². The molecule has 0 heterocycles. The Balaban J connectivity index is 2.35. The van der Waals surface area contributed by atoms with Crippen LogP contribution in [0.2, 0.25) is 0 Å². The van der Waals surface area contributed by atoms with Gasteiger partial charge in [0.2, 0.25) is 5.91 Å². The van der Waals surface area contributed by atoms with E-state index in [9.17, 15) is 40.3 Å². The lowest BCUT2D eigenvalue weighted by Gasteiger charge is -2.26. The fourth-order valence-corrected chi connectivity index (χ4v) is 4.30. The molecule has 0 radical (unpaired) electrons. The molecule has 3 unspecified atom stereocenters. The molecule has 0 saturated carbocycles. The van der Waals surface area contributed by atoms with Crippen molar-refractivity contribution in [3.8, 4) is 0 Å². The molecule has 0 spiro atoms. The first-order chi connectivity index (χ1) is 17.7. The molecule has 11 heteroatoms. The molecule has 0 aliphatic rings. The quantitative estimate of drug-likeness (QED) is 0.104. The molecule has 0 fully saturated rings. The first-order valence-electron chi connectivity index (χ1n) is 13.4. The van der Waals surface area contributed by atoms with Crippen LogP contribution >= 0.6 is 0 Å². The Morgan fingerprint density at radius 1 is 0.865 bits per heavy atom. The minimum absolute atomic E-state index is 0.165. The predicted molar refractivity (Wildman–Crippen MR) is 140 cm³/mol. The monoisotopic (exact) mass is 525 g/mol. The second-order valence-electron chi connectivity index (χ2n) is 9.61. The number of carbonyl (C=O) groups excluding carboxylic acids is 1. The van der Waals surface area contributed by atoms with Crippen molar-refractivity contribution < 1.29 is 30.0 Å². The van der Waals surface area contributed by atoms with Crippen LogP contribution in [-0.2, 0) is 11.2 Å². The molecule has 1 rings (SSSR count). The van der Waals surface area contributed by atoms with Crippen LogP contribution in [0.4, 0.5) is 11.4 Å². The number of nitrogens with one attached hydrogen (secondary N) is 1. The van der Waals surface area contributed by atoms with E-state index in [0.29, 0.717) is 12.8 Å². The zero-order chi connectivity index (χ0) is 27.6. The normalized spacial score (nSPS) is 13.6. The van der Waals surface area contributed by atoms with E-state index >= 15 is 0 Å². The Labute approximate surface area is 218 Å². The van der Waals surface area contributed by atoms with Gasteiger partial charge in [0.05, 0.1) is 35.0 Å². The third-order valence-electron chi connectivity index (χ3n) is 6.50. The molecular weight excluding hydrogens is 482 g/mol. The minimum Gasteiger partial charge on any atom is -0.394 e. The molecule has 11 nitrogen and oxygen atoms in total. The number of amides is 1. The zero-order valence-corrected chi connectivity index (χ0v) is 21.8. The molecule has 210 valence electrons. The first-order valence-corrected chi connectivity index (χ1v) is 13.4. The highest BCUT2D eigenvalue weighted by Crippen LogP contribution is 2.27. The second kappa shape index (κ2) is 18.6. The van der Waals surface area contributed by atoms with Crippen molar-refractivity contribution in [2.75, 3.05) is 6.61 Å². The van der Waals surface area contributed by atoms with Crippen molar-refractivity contribution >= 4 is 17.3 Å². The summed E-state index contributed by atoms with van der Waals surface area (Å²) in [6, 6.07) is 2.02. The van der Waals surface area contributed by atoms with E-state index in [-0.39, 0.29) is 12.0 Å². The number of hydrogen-bond acceptors (Lipinski definition) is 8. The minimum atomic E-state index is -1.38. The smallest absolute Gasteiger partial charge is 0.346 e. The van der Waals surface area contributed by atoms with Crippen LogP contribution in [0.5, 0.6) is 0 Å². The van der Waals surface area contributed by atoms with Crippen molar-refractivity contribution in [2.24, 2.45) is 0 Å². The fourth-order valence-electron chi connectivity index (χ4n) is 4.30. The number of aliphatic hydroxyl groups excluding tert-OH is 3. The van der Waals surface area contributed by atoms with Crippen LogP contribution in [0.15, 0.2) is 18.2 Å². The van der Waals surface area contributed by atoms with Crippen LogP contribution in [-0.4, -0.2) is 55.9 Å². The molecule has 1 aromatic carbocycles. The van der Waals surface area contributed by atoms with E-state index in [1.54, 1.807) is 0 Å². The van der Waals surface area contributed by atoms with E-state index in [2.05, 4.69) is 12.2 Å². The summed E-state index contributed by atoms with van der Waals surface area (Å²) < 4.78 is 0. The van der Waals surface area contributed by atoms with E-state index in [4.69, 9.17) is 0 Å². The fraction of sp³-hybridized carbons (Fsp3) is 0.731. The molecule has 1 aromatic rings. The van der Waals surface area contributed by atoms with Crippen molar-refractivity contribution in [3.05, 3.63) is 44.0 Å². The highest BCUT2D eigenvalue weighted by atomic mass is 16.6. The topological polar surface area (TPSA) is 176 Å². The van der Waals surface area contributed by atoms with Crippen LogP contribution in [0, 0.1) is 20.2 Å². The number of nitrogens with zero attached hydrogens (tertiary/aromatic N) is 2. The van der Waals surface area contributed by atoms with Crippen molar-refractivity contribution in [1.82, 2.24) is 5.32 Å². The zero-order valence-electron chi connectivity index (χ0n) is 21.8. The molecular formula is C26H43N3O8. The van der Waals surface area contributed by atoms with Gasteiger partial charge in [0.25, 0.3) is 0 Å². The lowest BCUT2D eigenvalue weighted by atomic mass is 9.99. The largest absolute Gasteiger partial charge is 0.394 e. The average Bonchev–Trinajstić information content (AvgIpc) is 2.87. The van der Waals surface area contributed by atoms with Gasteiger partial charge in [-0.2, -0.15) is 0 Å². The molecule has 0 saturated heterocycles. The summed E-state index contributed by atoms with van der Waals surface area (Å²) in [4.78, 5) is 32.6. The average molecular weight is 526 g/mol. The Hall–Kier alpha value is -2.63. The SMILES string of the molecule is CCCCCCCCCCCCCCC(O)C(O)C(CO)NC(=O)Cc1ccc([N+](=O)[O-])c([N+](=O)[O-])c1. The van der Waals surface area contributed by atoms with Crippen molar-refractivity contribution in [3.63, 3.8) is 0 Å². The van der Waals surface area contributed by atoms with Crippen molar-refractivity contribution in [2.45, 2.75) is 115 Å². The molecule has 4 N–H and O–H groups in total. The van der Waals surface area contributed by atoms with Gasteiger partial charge in [0.1, 0.15) is 6.10 Å². The summed E-state index contributed by atoms with van der Waals surface area (Å²) >= 11 is 0. The predicted octanol–water partition coefficient (Wildman–Crippen LogP) is 4.34. The number of nitro groups is 2. The third-order valence-corrected chi connectivity index (χ3v) is 6.50. The van der Waals surface area contributed by atoms with Gasteiger partial charge in [-0.05, 0) is 12.0 Å². The van der Waals surface area contributed by atoms with E-state index < -0.39 is 52.0 Å². The highest BCUT2D eigenvalue weighted by molar-refractivity contribution is 5.79. The second-order valence-corrected chi connectivity index (χ2v) is 9.61. The maximum atomic E-state index is 12.4. The lowest BCUT2D eigenvalue weighted by Crippen LogP contribution is -2.51. The third kappa shape index (κ3) is 12.9.